The summed E-state index contributed by atoms with van der Waals surface area (Å²) < 4.78 is 1.79. The molecule has 2 amide bonds. The van der Waals surface area contributed by atoms with Crippen molar-refractivity contribution in [2.45, 2.75) is 38.1 Å². The highest BCUT2D eigenvalue weighted by Gasteiger charge is 2.47. The Balaban J connectivity index is 1.37. The van der Waals surface area contributed by atoms with Crippen molar-refractivity contribution in [3.63, 3.8) is 0 Å². The monoisotopic (exact) mass is 310 g/mol. The molecule has 0 aromatic carbocycles. The van der Waals surface area contributed by atoms with Crippen LogP contribution in [0.25, 0.3) is 5.52 Å². The zero-order valence-electron chi connectivity index (χ0n) is 13.2. The topological polar surface area (TPSA) is 49.6 Å². The lowest BCUT2D eigenvalue weighted by molar-refractivity contribution is 0.199. The van der Waals surface area contributed by atoms with Crippen LogP contribution in [-0.2, 0) is 0 Å². The second-order valence-corrected chi connectivity index (χ2v) is 7.40. The van der Waals surface area contributed by atoms with Crippen molar-refractivity contribution >= 4 is 17.4 Å². The van der Waals surface area contributed by atoms with E-state index in [9.17, 15) is 4.79 Å². The molecule has 0 bridgehead atoms. The number of hydrogen-bond donors (Lipinski definition) is 1. The predicted molar refractivity (Wildman–Crippen MR) is 88.3 cm³/mol. The fraction of sp³-hybridized carbons (Fsp3) is 0.556. The van der Waals surface area contributed by atoms with E-state index < -0.39 is 0 Å². The summed E-state index contributed by atoms with van der Waals surface area (Å²) in [6.07, 6.45) is 8.29. The van der Waals surface area contributed by atoms with Gasteiger partial charge in [-0.05, 0) is 68.1 Å². The molecule has 5 rings (SSSR count). The van der Waals surface area contributed by atoms with Crippen molar-refractivity contribution in [2.24, 2.45) is 17.8 Å². The molecule has 1 saturated heterocycles. The van der Waals surface area contributed by atoms with Crippen LogP contribution < -0.4 is 5.32 Å². The van der Waals surface area contributed by atoms with Gasteiger partial charge in [-0.15, -0.1) is 0 Å². The molecule has 0 spiro atoms. The molecule has 3 aliphatic rings. The Labute approximate surface area is 135 Å². The summed E-state index contributed by atoms with van der Waals surface area (Å²) in [6, 6.07) is 8.32. The van der Waals surface area contributed by atoms with Crippen molar-refractivity contribution in [3.05, 3.63) is 30.5 Å². The molecule has 2 aliphatic carbocycles. The first-order chi connectivity index (χ1) is 11.3. The molecule has 5 nitrogen and oxygen atoms in total. The van der Waals surface area contributed by atoms with Crippen molar-refractivity contribution in [1.82, 2.24) is 14.5 Å². The summed E-state index contributed by atoms with van der Waals surface area (Å²) in [5.74, 6) is 3.10. The average molecular weight is 310 g/mol. The number of rotatable bonds is 3. The fourth-order valence-electron chi connectivity index (χ4n) is 4.20. The largest absolute Gasteiger partial charge is 0.323 e. The lowest BCUT2D eigenvalue weighted by Crippen LogP contribution is -2.40. The van der Waals surface area contributed by atoms with Gasteiger partial charge in [0, 0.05) is 12.6 Å². The van der Waals surface area contributed by atoms with E-state index in [2.05, 4.69) is 15.3 Å². The minimum Gasteiger partial charge on any atom is -0.321 e. The number of nitrogens with zero attached hydrogens (tertiary/aromatic N) is 3. The predicted octanol–water partition coefficient (Wildman–Crippen LogP) is 3.38. The van der Waals surface area contributed by atoms with E-state index in [0.29, 0.717) is 6.04 Å². The maximum absolute atomic E-state index is 12.9. The standard InChI is InChI=1S/C18H22N4O/c23-18(20-17-3-1-2-15-8-9-19-22(15)17)21-11-14(12-4-5-12)10-16(21)13-6-7-13/h1-3,8-9,12-14,16H,4-7,10-11H2,(H,20,23)/t14-,16-/m1/s1. The average Bonchev–Trinajstić information content (AvgIpc) is 3.49. The number of carbonyl (C=O) groups excluding carboxylic acids is 1. The Bertz CT molecular complexity index is 746. The number of nitrogens with one attached hydrogen (secondary N) is 1. The van der Waals surface area contributed by atoms with Crippen molar-refractivity contribution < 1.29 is 4.79 Å². The molecule has 3 fully saturated rings. The summed E-state index contributed by atoms with van der Waals surface area (Å²) in [5.41, 5.74) is 0.999. The summed E-state index contributed by atoms with van der Waals surface area (Å²) in [5, 5.41) is 7.39. The second kappa shape index (κ2) is 4.98. The number of amides is 2. The van der Waals surface area contributed by atoms with E-state index in [4.69, 9.17) is 0 Å². The van der Waals surface area contributed by atoms with E-state index in [-0.39, 0.29) is 6.03 Å². The van der Waals surface area contributed by atoms with E-state index in [1.807, 2.05) is 24.3 Å². The zero-order valence-corrected chi connectivity index (χ0v) is 13.2. The van der Waals surface area contributed by atoms with Crippen molar-refractivity contribution in [3.8, 4) is 0 Å². The Kier molecular flexibility index (Phi) is 2.90. The first-order valence-electron chi connectivity index (χ1n) is 8.80. The van der Waals surface area contributed by atoms with Crippen LogP contribution in [0.1, 0.15) is 32.1 Å². The molecule has 1 N–H and O–H groups in total. The van der Waals surface area contributed by atoms with Gasteiger partial charge in [-0.25, -0.2) is 9.31 Å². The Morgan fingerprint density at radius 1 is 1.09 bits per heavy atom. The molecule has 0 radical (unpaired) electrons. The van der Waals surface area contributed by atoms with Crippen LogP contribution in [0.15, 0.2) is 30.5 Å². The van der Waals surface area contributed by atoms with E-state index in [1.165, 1.54) is 32.1 Å². The number of hydrogen-bond acceptors (Lipinski definition) is 2. The van der Waals surface area contributed by atoms with Gasteiger partial charge in [-0.2, -0.15) is 5.10 Å². The number of aromatic nitrogens is 2. The van der Waals surface area contributed by atoms with Crippen LogP contribution in [0.5, 0.6) is 0 Å². The van der Waals surface area contributed by atoms with Crippen LogP contribution in [0, 0.1) is 17.8 Å². The highest BCUT2D eigenvalue weighted by Crippen LogP contribution is 2.48. The van der Waals surface area contributed by atoms with Crippen LogP contribution in [0.4, 0.5) is 10.6 Å². The summed E-state index contributed by atoms with van der Waals surface area (Å²) in [6.45, 7) is 0.937. The third-order valence-corrected chi connectivity index (χ3v) is 5.75. The number of likely N-dealkylation sites (tertiary alicyclic amines) is 1. The molecule has 2 aromatic rings. The van der Waals surface area contributed by atoms with Gasteiger partial charge in [-0.3, -0.25) is 5.32 Å². The minimum atomic E-state index is 0.0491. The molecular formula is C18H22N4O. The lowest BCUT2D eigenvalue weighted by Gasteiger charge is -2.25. The number of anilines is 1. The van der Waals surface area contributed by atoms with E-state index >= 15 is 0 Å². The quantitative estimate of drug-likeness (QED) is 0.945. The van der Waals surface area contributed by atoms with Gasteiger partial charge in [0.15, 0.2) is 0 Å². The zero-order chi connectivity index (χ0) is 15.4. The highest BCUT2D eigenvalue weighted by molar-refractivity contribution is 5.89. The van der Waals surface area contributed by atoms with Crippen LogP contribution >= 0.6 is 0 Å². The smallest absolute Gasteiger partial charge is 0.321 e. The highest BCUT2D eigenvalue weighted by atomic mass is 16.2. The van der Waals surface area contributed by atoms with Gasteiger partial charge in [0.25, 0.3) is 0 Å². The summed E-state index contributed by atoms with van der Waals surface area (Å²) >= 11 is 0. The second-order valence-electron chi connectivity index (χ2n) is 7.40. The summed E-state index contributed by atoms with van der Waals surface area (Å²) in [7, 11) is 0. The molecule has 2 saturated carbocycles. The van der Waals surface area contributed by atoms with Gasteiger partial charge in [0.1, 0.15) is 5.82 Å². The minimum absolute atomic E-state index is 0.0491. The lowest BCUT2D eigenvalue weighted by atomic mass is 9.98. The Morgan fingerprint density at radius 3 is 2.70 bits per heavy atom. The van der Waals surface area contributed by atoms with Crippen LogP contribution in [-0.4, -0.2) is 33.1 Å². The number of carbonyl (C=O) groups is 1. The van der Waals surface area contributed by atoms with Gasteiger partial charge < -0.3 is 4.90 Å². The number of fused-ring (bicyclic) bond motifs is 1. The normalized spacial score (nSPS) is 27.6. The molecule has 120 valence electrons. The molecule has 2 atom stereocenters. The maximum atomic E-state index is 12.9. The third-order valence-electron chi connectivity index (χ3n) is 5.75. The SMILES string of the molecule is O=C(Nc1cccc2ccnn12)N1C[C@H](C2CC2)C[C@@H]1C1CC1. The van der Waals surface area contributed by atoms with E-state index in [1.54, 1.807) is 10.7 Å². The van der Waals surface area contributed by atoms with Crippen LogP contribution in [0.3, 0.4) is 0 Å². The fourth-order valence-corrected chi connectivity index (χ4v) is 4.20. The van der Waals surface area contributed by atoms with Crippen molar-refractivity contribution in [2.75, 3.05) is 11.9 Å². The molecule has 3 heterocycles. The first kappa shape index (κ1) is 13.4. The molecule has 1 aliphatic heterocycles. The summed E-state index contributed by atoms with van der Waals surface area (Å²) in [4.78, 5) is 15.0. The van der Waals surface area contributed by atoms with Gasteiger partial charge in [0.05, 0.1) is 11.7 Å². The van der Waals surface area contributed by atoms with Gasteiger partial charge in [0.2, 0.25) is 0 Å². The van der Waals surface area contributed by atoms with Gasteiger partial charge in [-0.1, -0.05) is 6.07 Å². The maximum Gasteiger partial charge on any atom is 0.323 e. The van der Waals surface area contributed by atoms with Crippen LogP contribution in [0.2, 0.25) is 0 Å². The third kappa shape index (κ3) is 2.38. The molecule has 0 unspecified atom stereocenters. The Hall–Kier alpha value is -2.04. The molecule has 2 aromatic heterocycles. The number of pyridine rings is 1. The molecular weight excluding hydrogens is 288 g/mol. The molecule has 23 heavy (non-hydrogen) atoms. The Morgan fingerprint density at radius 2 is 1.91 bits per heavy atom. The first-order valence-corrected chi connectivity index (χ1v) is 8.80. The number of urea groups is 1. The molecule has 5 heteroatoms. The van der Waals surface area contributed by atoms with Gasteiger partial charge >= 0.3 is 6.03 Å². The van der Waals surface area contributed by atoms with E-state index in [0.717, 1.165) is 35.6 Å². The van der Waals surface area contributed by atoms with Crippen molar-refractivity contribution in [1.29, 1.82) is 0 Å².